The first-order valence-corrected chi connectivity index (χ1v) is 8.27. The van der Waals surface area contributed by atoms with E-state index in [0.717, 1.165) is 11.4 Å². The molecule has 2 heterocycles. The lowest BCUT2D eigenvalue weighted by atomic mass is 10.1. The molecule has 3 rings (SSSR count). The van der Waals surface area contributed by atoms with Gasteiger partial charge in [-0.3, -0.25) is 14.6 Å². The van der Waals surface area contributed by atoms with Crippen LogP contribution in [0.1, 0.15) is 12.1 Å². The Bertz CT molecular complexity index is 719. The molecule has 1 aromatic carbocycles. The molecule has 0 spiro atoms. The highest BCUT2D eigenvalue weighted by Crippen LogP contribution is 2.26. The Morgan fingerprint density at radius 1 is 1.25 bits per heavy atom. The average molecular weight is 344 g/mol. The number of carbonyl (C=O) groups is 2. The smallest absolute Gasteiger partial charge is 0.239 e. The second-order valence-electron chi connectivity index (χ2n) is 5.67. The number of amides is 2. The second-order valence-corrected chi connectivity index (χ2v) is 6.11. The Morgan fingerprint density at radius 2 is 2.04 bits per heavy atom. The number of halogens is 1. The van der Waals surface area contributed by atoms with Gasteiger partial charge in [-0.1, -0.05) is 17.7 Å². The van der Waals surface area contributed by atoms with Gasteiger partial charge in [0.05, 0.1) is 0 Å². The summed E-state index contributed by atoms with van der Waals surface area (Å²) in [6, 6.07) is 12.7. The van der Waals surface area contributed by atoms with E-state index in [9.17, 15) is 9.59 Å². The van der Waals surface area contributed by atoms with Crippen LogP contribution < -0.4 is 10.2 Å². The van der Waals surface area contributed by atoms with Crippen molar-refractivity contribution in [3.8, 4) is 0 Å². The van der Waals surface area contributed by atoms with Gasteiger partial charge in [-0.15, -0.1) is 0 Å². The first-order valence-electron chi connectivity index (χ1n) is 7.90. The molecule has 0 bridgehead atoms. The van der Waals surface area contributed by atoms with Crippen LogP contribution >= 0.6 is 11.6 Å². The van der Waals surface area contributed by atoms with Gasteiger partial charge in [0.1, 0.15) is 5.92 Å². The number of benzene rings is 1. The molecule has 2 amide bonds. The molecule has 1 saturated heterocycles. The lowest BCUT2D eigenvalue weighted by Crippen LogP contribution is -2.37. The van der Waals surface area contributed by atoms with E-state index in [2.05, 4.69) is 10.3 Å². The number of nitrogens with one attached hydrogen (secondary N) is 1. The number of nitrogens with zero attached hydrogens (tertiary/aromatic N) is 2. The molecule has 5 nitrogen and oxygen atoms in total. The van der Waals surface area contributed by atoms with Crippen molar-refractivity contribution in [2.75, 3.05) is 18.0 Å². The molecular weight excluding hydrogens is 326 g/mol. The standard InChI is InChI=1S/C18H18ClN3O2/c19-13-4-6-15(7-5-13)22-12-9-16(18(22)24)17(23)21-11-8-14-3-1-2-10-20-14/h1-7,10,16H,8-9,11-12H2,(H,21,23)/t16-/m0/s1. The quantitative estimate of drug-likeness (QED) is 0.848. The van der Waals surface area contributed by atoms with Crippen LogP contribution in [0.5, 0.6) is 0 Å². The summed E-state index contributed by atoms with van der Waals surface area (Å²) < 4.78 is 0. The Hall–Kier alpha value is -2.40. The maximum absolute atomic E-state index is 12.5. The van der Waals surface area contributed by atoms with Crippen LogP contribution in [0.25, 0.3) is 0 Å². The molecule has 0 aliphatic carbocycles. The highest BCUT2D eigenvalue weighted by atomic mass is 35.5. The fourth-order valence-corrected chi connectivity index (χ4v) is 2.91. The fourth-order valence-electron chi connectivity index (χ4n) is 2.78. The van der Waals surface area contributed by atoms with Gasteiger partial charge in [0.2, 0.25) is 11.8 Å². The molecule has 0 unspecified atom stereocenters. The average Bonchev–Trinajstić information content (AvgIpc) is 2.98. The summed E-state index contributed by atoms with van der Waals surface area (Å²) in [5.74, 6) is -0.996. The van der Waals surface area contributed by atoms with Crippen LogP contribution in [-0.4, -0.2) is 29.9 Å². The van der Waals surface area contributed by atoms with E-state index < -0.39 is 5.92 Å². The summed E-state index contributed by atoms with van der Waals surface area (Å²) in [5.41, 5.74) is 1.69. The van der Waals surface area contributed by atoms with Gasteiger partial charge < -0.3 is 10.2 Å². The van der Waals surface area contributed by atoms with Crippen molar-refractivity contribution >= 4 is 29.1 Å². The number of hydrogen-bond donors (Lipinski definition) is 1. The number of hydrogen-bond acceptors (Lipinski definition) is 3. The molecule has 6 heteroatoms. The summed E-state index contributed by atoms with van der Waals surface area (Å²) in [7, 11) is 0. The first kappa shape index (κ1) is 16.5. The van der Waals surface area contributed by atoms with Gasteiger partial charge >= 0.3 is 0 Å². The number of aromatic nitrogens is 1. The van der Waals surface area contributed by atoms with E-state index >= 15 is 0 Å². The fraction of sp³-hybridized carbons (Fsp3) is 0.278. The first-order chi connectivity index (χ1) is 11.6. The summed E-state index contributed by atoms with van der Waals surface area (Å²) in [6.07, 6.45) is 2.90. The Labute approximate surface area is 145 Å². The third-order valence-corrected chi connectivity index (χ3v) is 4.32. The SMILES string of the molecule is O=C(NCCc1ccccn1)[C@@H]1CCN(c2ccc(Cl)cc2)C1=O. The van der Waals surface area contributed by atoms with Gasteiger partial charge in [-0.05, 0) is 42.8 Å². The number of carbonyl (C=O) groups excluding carboxylic acids is 2. The highest BCUT2D eigenvalue weighted by molar-refractivity contribution is 6.30. The van der Waals surface area contributed by atoms with Crippen molar-refractivity contribution in [2.45, 2.75) is 12.8 Å². The van der Waals surface area contributed by atoms with Gasteiger partial charge in [-0.2, -0.15) is 0 Å². The van der Waals surface area contributed by atoms with E-state index in [1.807, 2.05) is 18.2 Å². The van der Waals surface area contributed by atoms with E-state index in [-0.39, 0.29) is 11.8 Å². The second kappa shape index (κ2) is 7.45. The molecule has 0 radical (unpaired) electrons. The highest BCUT2D eigenvalue weighted by Gasteiger charge is 2.37. The maximum atomic E-state index is 12.5. The molecule has 1 atom stereocenters. The third kappa shape index (κ3) is 3.74. The van der Waals surface area contributed by atoms with E-state index in [1.54, 1.807) is 35.4 Å². The zero-order chi connectivity index (χ0) is 16.9. The molecule has 1 N–H and O–H groups in total. The normalized spacial score (nSPS) is 17.1. The van der Waals surface area contributed by atoms with Crippen LogP contribution in [0.2, 0.25) is 5.02 Å². The summed E-state index contributed by atoms with van der Waals surface area (Å²) in [5, 5.41) is 3.46. The van der Waals surface area contributed by atoms with Gasteiger partial charge in [0, 0.05) is 42.1 Å². The van der Waals surface area contributed by atoms with Crippen molar-refractivity contribution in [1.82, 2.24) is 10.3 Å². The molecule has 1 aliphatic rings. The minimum Gasteiger partial charge on any atom is -0.355 e. The minimum absolute atomic E-state index is 0.160. The monoisotopic (exact) mass is 343 g/mol. The number of anilines is 1. The van der Waals surface area contributed by atoms with Gasteiger partial charge in [0.15, 0.2) is 0 Å². The molecule has 24 heavy (non-hydrogen) atoms. The third-order valence-electron chi connectivity index (χ3n) is 4.07. The Balaban J connectivity index is 1.54. The van der Waals surface area contributed by atoms with Crippen molar-refractivity contribution in [1.29, 1.82) is 0 Å². The lowest BCUT2D eigenvalue weighted by Gasteiger charge is -2.16. The topological polar surface area (TPSA) is 62.3 Å². The van der Waals surface area contributed by atoms with E-state index in [1.165, 1.54) is 0 Å². The van der Waals surface area contributed by atoms with Crippen LogP contribution in [-0.2, 0) is 16.0 Å². The van der Waals surface area contributed by atoms with Crippen molar-refractivity contribution in [3.05, 3.63) is 59.4 Å². The molecule has 2 aromatic rings. The summed E-state index contributed by atoms with van der Waals surface area (Å²) in [6.45, 7) is 1.01. The van der Waals surface area contributed by atoms with Gasteiger partial charge in [0.25, 0.3) is 0 Å². The van der Waals surface area contributed by atoms with Crippen molar-refractivity contribution in [3.63, 3.8) is 0 Å². The van der Waals surface area contributed by atoms with E-state index in [0.29, 0.717) is 31.0 Å². The predicted octanol–water partition coefficient (Wildman–Crippen LogP) is 2.45. The molecule has 1 aromatic heterocycles. The molecule has 1 fully saturated rings. The van der Waals surface area contributed by atoms with E-state index in [4.69, 9.17) is 11.6 Å². The Morgan fingerprint density at radius 3 is 2.75 bits per heavy atom. The Kier molecular flexibility index (Phi) is 5.11. The van der Waals surface area contributed by atoms with Crippen molar-refractivity contribution < 1.29 is 9.59 Å². The maximum Gasteiger partial charge on any atom is 0.239 e. The molecule has 0 saturated carbocycles. The summed E-state index contributed by atoms with van der Waals surface area (Å²) >= 11 is 5.87. The predicted molar refractivity (Wildman–Crippen MR) is 92.9 cm³/mol. The van der Waals surface area contributed by atoms with Crippen LogP contribution in [0.15, 0.2) is 48.7 Å². The zero-order valence-electron chi connectivity index (χ0n) is 13.1. The van der Waals surface area contributed by atoms with Crippen LogP contribution in [0.4, 0.5) is 5.69 Å². The lowest BCUT2D eigenvalue weighted by molar-refractivity contribution is -0.132. The van der Waals surface area contributed by atoms with Crippen molar-refractivity contribution in [2.24, 2.45) is 5.92 Å². The molecule has 124 valence electrons. The molecule has 1 aliphatic heterocycles. The van der Waals surface area contributed by atoms with Crippen LogP contribution in [0.3, 0.4) is 0 Å². The minimum atomic E-state index is -0.621. The van der Waals surface area contributed by atoms with Gasteiger partial charge in [-0.25, -0.2) is 0 Å². The zero-order valence-corrected chi connectivity index (χ0v) is 13.9. The number of rotatable bonds is 5. The number of pyridine rings is 1. The van der Waals surface area contributed by atoms with Crippen LogP contribution in [0, 0.1) is 5.92 Å². The largest absolute Gasteiger partial charge is 0.355 e. The summed E-state index contributed by atoms with van der Waals surface area (Å²) in [4.78, 5) is 30.6. The molecular formula is C18H18ClN3O2.